The molecule has 1 aliphatic rings. The average molecular weight is 678 g/mol. The van der Waals surface area contributed by atoms with Gasteiger partial charge in [-0.15, -0.1) is 0 Å². The molecule has 0 saturated carbocycles. The van der Waals surface area contributed by atoms with E-state index in [2.05, 4.69) is 10.6 Å². The van der Waals surface area contributed by atoms with Gasteiger partial charge in [0.15, 0.2) is 0 Å². The molecule has 0 radical (unpaired) electrons. The summed E-state index contributed by atoms with van der Waals surface area (Å²) in [7, 11) is -2.06. The van der Waals surface area contributed by atoms with Gasteiger partial charge in [0.05, 0.1) is 35.6 Å². The van der Waals surface area contributed by atoms with Gasteiger partial charge in [0, 0.05) is 31.4 Å². The number of aryl methyl sites for hydroxylation is 2. The molecule has 48 heavy (non-hydrogen) atoms. The summed E-state index contributed by atoms with van der Waals surface area (Å²) in [6.07, 6.45) is 1.96. The summed E-state index contributed by atoms with van der Waals surface area (Å²) in [5.41, 5.74) is 9.41. The van der Waals surface area contributed by atoms with Gasteiger partial charge in [-0.2, -0.15) is 8.42 Å². The van der Waals surface area contributed by atoms with E-state index in [1.807, 2.05) is 60.7 Å². The Morgan fingerprint density at radius 1 is 1.06 bits per heavy atom. The minimum absolute atomic E-state index is 0.0321. The number of carbonyl (C=O) groups is 2. The number of amidine groups is 1. The van der Waals surface area contributed by atoms with Gasteiger partial charge in [-0.1, -0.05) is 23.8 Å². The highest BCUT2D eigenvalue weighted by atomic mass is 32.2. The van der Waals surface area contributed by atoms with E-state index in [0.29, 0.717) is 25.2 Å². The molecule has 1 saturated heterocycles. The van der Waals surface area contributed by atoms with Crippen LogP contribution >= 0.6 is 0 Å². The third kappa shape index (κ3) is 8.76. The number of ether oxygens (including phenoxy) is 1. The normalized spacial score (nSPS) is 14.1. The van der Waals surface area contributed by atoms with Gasteiger partial charge >= 0.3 is 5.97 Å². The minimum atomic E-state index is -4.02. The summed E-state index contributed by atoms with van der Waals surface area (Å²) in [6.45, 7) is 7.56. The predicted molar refractivity (Wildman–Crippen MR) is 184 cm³/mol. The largest absolute Gasteiger partial charge is 0.465 e. The van der Waals surface area contributed by atoms with Crippen LogP contribution in [0.5, 0.6) is 0 Å². The third-order valence-corrected chi connectivity index (χ3v) is 9.10. The average Bonchev–Trinajstić information content (AvgIpc) is 3.71. The zero-order valence-corrected chi connectivity index (χ0v) is 28.4. The van der Waals surface area contributed by atoms with Crippen LogP contribution in [0.4, 0.5) is 5.69 Å². The Morgan fingerprint density at radius 2 is 1.71 bits per heavy atom. The molecule has 14 heteroatoms. The van der Waals surface area contributed by atoms with Crippen LogP contribution < -0.4 is 16.4 Å². The van der Waals surface area contributed by atoms with Crippen LogP contribution in [0.15, 0.2) is 71.6 Å². The predicted octanol–water partition coefficient (Wildman–Crippen LogP) is 3.70. The zero-order chi connectivity index (χ0) is 35.1. The molecular weight excluding hydrogens is 634 g/mol. The third-order valence-electron chi connectivity index (χ3n) is 8.23. The number of fused-ring (bicyclic) bond motifs is 1. The number of esters is 1. The Hall–Kier alpha value is -4.79. The van der Waals surface area contributed by atoms with Crippen molar-refractivity contribution in [3.8, 4) is 0 Å². The van der Waals surface area contributed by atoms with E-state index in [-0.39, 0.29) is 29.8 Å². The summed E-state index contributed by atoms with van der Waals surface area (Å²) in [5.74, 6) is 0.409. The Kier molecular flexibility index (Phi) is 11.6. The number of amides is 1. The molecular formula is C34H43N7O6S. The molecule has 0 unspecified atom stereocenters. The van der Waals surface area contributed by atoms with Crippen LogP contribution in [0.2, 0.25) is 0 Å². The number of imidazole rings is 1. The molecule has 13 nitrogen and oxygen atoms in total. The smallest absolute Gasteiger partial charge is 0.319 e. The molecule has 0 bridgehead atoms. The van der Waals surface area contributed by atoms with Gasteiger partial charge in [0.25, 0.3) is 10.1 Å². The van der Waals surface area contributed by atoms with Crippen LogP contribution in [-0.2, 0) is 43.6 Å². The number of nitrogens with zero attached hydrogens (tertiary/aromatic N) is 3. The number of nitrogens with one attached hydrogen (secondary N) is 3. The van der Waals surface area contributed by atoms with Crippen molar-refractivity contribution < 1.29 is 27.3 Å². The molecule has 3 aromatic carbocycles. The van der Waals surface area contributed by atoms with Crippen molar-refractivity contribution in [1.29, 1.82) is 5.41 Å². The van der Waals surface area contributed by atoms with Gasteiger partial charge in [-0.05, 0) is 87.7 Å². The molecule has 1 atom stereocenters. The number of likely N-dealkylation sites (tertiary alicyclic amines) is 1. The van der Waals surface area contributed by atoms with E-state index < -0.39 is 21.6 Å². The molecule has 1 amide bonds. The van der Waals surface area contributed by atoms with Crippen molar-refractivity contribution in [1.82, 2.24) is 19.8 Å². The Labute approximate surface area is 280 Å². The maximum Gasteiger partial charge on any atom is 0.319 e. The topological polar surface area (TPSA) is 193 Å². The number of carbonyl (C=O) groups excluding carboxylic acids is 2. The number of hydrogen-bond acceptors (Lipinski definition) is 9. The SMILES string of the molecule is CCOC(=O)CN[C@@](C)(C(=O)N1CCCC1)c1ccc2c(c1)nc(CNc1ccc(C(=N)N)cc1)n2C.Cc1ccc(S(=O)(=O)O)cc1. The highest BCUT2D eigenvalue weighted by molar-refractivity contribution is 7.85. The molecule has 0 spiro atoms. The van der Waals surface area contributed by atoms with Gasteiger partial charge in [0.1, 0.15) is 17.2 Å². The van der Waals surface area contributed by atoms with Gasteiger partial charge in [-0.3, -0.25) is 24.9 Å². The lowest BCUT2D eigenvalue weighted by atomic mass is 9.89. The van der Waals surface area contributed by atoms with Crippen LogP contribution in [-0.4, -0.2) is 71.4 Å². The minimum Gasteiger partial charge on any atom is -0.465 e. The molecule has 2 heterocycles. The first-order valence-electron chi connectivity index (χ1n) is 15.6. The van der Waals surface area contributed by atoms with Crippen molar-refractivity contribution in [3.05, 3.63) is 89.2 Å². The zero-order valence-electron chi connectivity index (χ0n) is 27.6. The molecule has 256 valence electrons. The molecule has 0 aliphatic carbocycles. The van der Waals surface area contributed by atoms with Gasteiger partial charge < -0.3 is 25.3 Å². The number of rotatable bonds is 11. The molecule has 1 aromatic heterocycles. The van der Waals surface area contributed by atoms with Crippen molar-refractivity contribution in [3.63, 3.8) is 0 Å². The number of aromatic nitrogens is 2. The second-order valence-electron chi connectivity index (χ2n) is 11.7. The summed E-state index contributed by atoms with van der Waals surface area (Å²) in [6, 6.07) is 19.2. The summed E-state index contributed by atoms with van der Waals surface area (Å²) in [4.78, 5) is 32.4. The van der Waals surface area contributed by atoms with Crippen molar-refractivity contribution in [2.24, 2.45) is 12.8 Å². The van der Waals surface area contributed by atoms with E-state index in [4.69, 9.17) is 25.4 Å². The second-order valence-corrected chi connectivity index (χ2v) is 13.1. The van der Waals surface area contributed by atoms with Crippen molar-refractivity contribution >= 4 is 44.6 Å². The van der Waals surface area contributed by atoms with Gasteiger partial charge in [0.2, 0.25) is 5.91 Å². The summed E-state index contributed by atoms with van der Waals surface area (Å²) >= 11 is 0. The number of nitrogen functional groups attached to an aromatic ring is 1. The second kappa shape index (κ2) is 15.4. The quantitative estimate of drug-likeness (QED) is 0.0677. The lowest BCUT2D eigenvalue weighted by molar-refractivity contribution is -0.143. The van der Waals surface area contributed by atoms with Crippen LogP contribution in [0.1, 0.15) is 49.2 Å². The first kappa shape index (κ1) is 36.1. The van der Waals surface area contributed by atoms with E-state index >= 15 is 0 Å². The van der Waals surface area contributed by atoms with E-state index in [0.717, 1.165) is 46.5 Å². The highest BCUT2D eigenvalue weighted by Crippen LogP contribution is 2.29. The Morgan fingerprint density at radius 3 is 2.29 bits per heavy atom. The first-order valence-corrected chi connectivity index (χ1v) is 17.0. The standard InChI is InChI=1S/C27H35N7O3.C7H8O3S/c1-4-37-24(35)17-31-27(2,26(36)34-13-5-6-14-34)19-9-12-22-21(15-19)32-23(33(22)3)16-30-20-10-7-18(8-11-20)25(28)29;1-6-2-4-7(5-3-6)11(8,9)10/h7-12,15,30-31H,4-6,13-14,16-17H2,1-3H3,(H3,28,29);2-5H,1H3,(H,8,9,10)/t27-;/m1./s1. The maximum atomic E-state index is 13.6. The molecule has 1 aliphatic heterocycles. The van der Waals surface area contributed by atoms with Crippen LogP contribution in [0.25, 0.3) is 11.0 Å². The first-order chi connectivity index (χ1) is 22.7. The fourth-order valence-electron chi connectivity index (χ4n) is 5.38. The number of benzene rings is 3. The Balaban J connectivity index is 0.000000401. The molecule has 6 N–H and O–H groups in total. The highest BCUT2D eigenvalue weighted by Gasteiger charge is 2.40. The van der Waals surface area contributed by atoms with Crippen molar-refractivity contribution in [2.45, 2.75) is 50.6 Å². The maximum absolute atomic E-state index is 13.6. The summed E-state index contributed by atoms with van der Waals surface area (Å²) < 4.78 is 36.7. The Bertz CT molecular complexity index is 1870. The van der Waals surface area contributed by atoms with Gasteiger partial charge in [-0.25, -0.2) is 4.98 Å². The fraction of sp³-hybridized carbons (Fsp3) is 0.353. The van der Waals surface area contributed by atoms with Crippen molar-refractivity contribution in [2.75, 3.05) is 31.6 Å². The lowest BCUT2D eigenvalue weighted by Gasteiger charge is -2.33. The molecule has 4 aromatic rings. The number of nitrogens with two attached hydrogens (primary N) is 1. The van der Waals surface area contributed by atoms with Crippen LogP contribution in [0, 0.1) is 12.3 Å². The summed E-state index contributed by atoms with van der Waals surface area (Å²) in [5, 5.41) is 14.1. The van der Waals surface area contributed by atoms with Crippen LogP contribution in [0.3, 0.4) is 0 Å². The van der Waals surface area contributed by atoms with E-state index in [1.54, 1.807) is 31.2 Å². The van der Waals surface area contributed by atoms with E-state index in [9.17, 15) is 18.0 Å². The van der Waals surface area contributed by atoms with E-state index in [1.165, 1.54) is 12.1 Å². The fourth-order valence-corrected chi connectivity index (χ4v) is 5.86. The molecule has 5 rings (SSSR count). The lowest BCUT2D eigenvalue weighted by Crippen LogP contribution is -2.54. The monoisotopic (exact) mass is 677 g/mol. The number of hydrogen-bond donors (Lipinski definition) is 5. The molecule has 1 fully saturated rings. The number of anilines is 1.